The summed E-state index contributed by atoms with van der Waals surface area (Å²) in [5.74, 6) is 1.56. The molecule has 1 amide bonds. The van der Waals surface area contributed by atoms with Gasteiger partial charge in [-0.05, 0) is 42.2 Å². The van der Waals surface area contributed by atoms with Crippen molar-refractivity contribution < 1.29 is 19.1 Å². The zero-order valence-corrected chi connectivity index (χ0v) is 20.9. The summed E-state index contributed by atoms with van der Waals surface area (Å²) in [6, 6.07) is 13.0. The molecule has 37 heavy (non-hydrogen) atoms. The first-order valence-corrected chi connectivity index (χ1v) is 12.3. The number of piperidine rings is 1. The first kappa shape index (κ1) is 24.4. The number of carbonyl (C=O) groups is 2. The molecular formula is C28H29N5O4. The van der Waals surface area contributed by atoms with Crippen molar-refractivity contribution in [1.82, 2.24) is 20.5 Å². The predicted octanol–water partition coefficient (Wildman–Crippen LogP) is 3.17. The molecule has 3 aromatic rings. The molecule has 0 bridgehead atoms. The summed E-state index contributed by atoms with van der Waals surface area (Å²) in [7, 11) is 1.58. The highest BCUT2D eigenvalue weighted by molar-refractivity contribution is 5.96. The number of pyridine rings is 1. The van der Waals surface area contributed by atoms with E-state index in [1.54, 1.807) is 31.5 Å². The van der Waals surface area contributed by atoms with Crippen LogP contribution < -0.4 is 19.7 Å². The zero-order valence-electron chi connectivity index (χ0n) is 20.9. The van der Waals surface area contributed by atoms with Gasteiger partial charge in [0, 0.05) is 32.0 Å². The molecule has 190 valence electrons. The van der Waals surface area contributed by atoms with Gasteiger partial charge in [0.15, 0.2) is 17.8 Å². The number of anilines is 1. The van der Waals surface area contributed by atoms with Crippen LogP contribution in [0.4, 0.5) is 5.82 Å². The maximum Gasteiger partial charge on any atom is 0.273 e. The zero-order chi connectivity index (χ0) is 25.8. The maximum absolute atomic E-state index is 13.1. The van der Waals surface area contributed by atoms with E-state index < -0.39 is 11.4 Å². The van der Waals surface area contributed by atoms with Gasteiger partial charge in [-0.15, -0.1) is 10.2 Å². The number of benzene rings is 1. The number of aromatic nitrogens is 3. The number of aldehydes is 1. The first-order chi connectivity index (χ1) is 18.0. The highest BCUT2D eigenvalue weighted by Gasteiger charge is 2.35. The third-order valence-corrected chi connectivity index (χ3v) is 6.84. The number of ether oxygens (including phenoxy) is 2. The van der Waals surface area contributed by atoms with Crippen molar-refractivity contribution in [2.24, 2.45) is 0 Å². The highest BCUT2D eigenvalue weighted by Crippen LogP contribution is 2.30. The Morgan fingerprint density at radius 3 is 2.68 bits per heavy atom. The molecule has 2 aromatic heterocycles. The van der Waals surface area contributed by atoms with Crippen LogP contribution in [0.5, 0.6) is 11.6 Å². The smallest absolute Gasteiger partial charge is 0.273 e. The molecule has 0 saturated carbocycles. The minimum absolute atomic E-state index is 0.0794. The van der Waals surface area contributed by atoms with E-state index in [1.807, 2.05) is 43.3 Å². The lowest BCUT2D eigenvalue weighted by atomic mass is 9.82. The summed E-state index contributed by atoms with van der Waals surface area (Å²) in [5.41, 5.74) is 1.58. The van der Waals surface area contributed by atoms with E-state index >= 15 is 0 Å². The molecule has 1 aliphatic heterocycles. The molecule has 1 aromatic carbocycles. The van der Waals surface area contributed by atoms with Crippen molar-refractivity contribution in [3.05, 3.63) is 83.2 Å². The molecule has 0 spiro atoms. The molecule has 1 aliphatic carbocycles. The molecule has 1 fully saturated rings. The molecule has 9 nitrogen and oxygen atoms in total. The Hall–Kier alpha value is -4.27. The summed E-state index contributed by atoms with van der Waals surface area (Å²) in [6.45, 7) is 3.42. The van der Waals surface area contributed by atoms with E-state index in [1.165, 1.54) is 0 Å². The van der Waals surface area contributed by atoms with Gasteiger partial charge in [-0.1, -0.05) is 36.4 Å². The molecular weight excluding hydrogens is 470 g/mol. The van der Waals surface area contributed by atoms with E-state index in [9.17, 15) is 9.59 Å². The van der Waals surface area contributed by atoms with Crippen molar-refractivity contribution in [3.63, 3.8) is 0 Å². The average Bonchev–Trinajstić information content (AvgIpc) is 2.94. The summed E-state index contributed by atoms with van der Waals surface area (Å²) in [6.07, 6.45) is 8.51. The van der Waals surface area contributed by atoms with Crippen LogP contribution in [0.25, 0.3) is 0 Å². The van der Waals surface area contributed by atoms with Gasteiger partial charge in [-0.3, -0.25) is 9.59 Å². The van der Waals surface area contributed by atoms with Crippen LogP contribution in [0.15, 0.2) is 60.8 Å². The van der Waals surface area contributed by atoms with E-state index in [-0.39, 0.29) is 11.8 Å². The van der Waals surface area contributed by atoms with Crippen LogP contribution >= 0.6 is 0 Å². The molecule has 2 aliphatic rings. The molecule has 1 atom stereocenters. The lowest BCUT2D eigenvalue weighted by Crippen LogP contribution is -2.47. The van der Waals surface area contributed by atoms with Crippen molar-refractivity contribution >= 4 is 18.0 Å². The van der Waals surface area contributed by atoms with Crippen LogP contribution in [0.2, 0.25) is 0 Å². The first-order valence-electron chi connectivity index (χ1n) is 12.3. The minimum Gasteiger partial charge on any atom is -0.489 e. The number of amides is 1. The van der Waals surface area contributed by atoms with Crippen molar-refractivity contribution in [2.45, 2.75) is 37.8 Å². The van der Waals surface area contributed by atoms with Gasteiger partial charge < -0.3 is 19.7 Å². The number of aryl methyl sites for hydroxylation is 1. The second-order valence-electron chi connectivity index (χ2n) is 9.28. The van der Waals surface area contributed by atoms with Crippen molar-refractivity contribution in [1.29, 1.82) is 0 Å². The predicted molar refractivity (Wildman–Crippen MR) is 138 cm³/mol. The molecule has 9 heteroatoms. The Labute approximate surface area is 215 Å². The van der Waals surface area contributed by atoms with Gasteiger partial charge >= 0.3 is 0 Å². The number of carbonyl (C=O) groups excluding carboxylic acids is 2. The second-order valence-corrected chi connectivity index (χ2v) is 9.28. The molecule has 1 unspecified atom stereocenters. The molecule has 1 saturated heterocycles. The molecule has 1 N–H and O–H groups in total. The number of nitrogens with one attached hydrogen (secondary N) is 1. The summed E-state index contributed by atoms with van der Waals surface area (Å²) >= 11 is 0. The van der Waals surface area contributed by atoms with Gasteiger partial charge in [0.25, 0.3) is 5.91 Å². The summed E-state index contributed by atoms with van der Waals surface area (Å²) in [4.78, 5) is 31.7. The molecule has 0 radical (unpaired) electrons. The Bertz CT molecular complexity index is 1320. The van der Waals surface area contributed by atoms with Gasteiger partial charge in [0.1, 0.15) is 17.4 Å². The number of methoxy groups -OCH3 is 1. The Morgan fingerprint density at radius 2 is 1.97 bits per heavy atom. The standard InChI is InChI=1S/C28H29N5O4/c1-19-16-24(27(35)30-28(18-34)13-5-7-20-6-3-4-8-23(20)28)31-32-26(19)33-14-11-21(12-15-33)37-22-9-10-25(36-2)29-17-22/h3-6,8-10,13,16-18,21H,7,11-12,14-15H2,1-2H3,(H,30,35). The number of nitrogens with zero attached hydrogens (tertiary/aromatic N) is 4. The lowest BCUT2D eigenvalue weighted by molar-refractivity contribution is -0.111. The van der Waals surface area contributed by atoms with Gasteiger partial charge in [-0.25, -0.2) is 4.98 Å². The fourth-order valence-corrected chi connectivity index (χ4v) is 4.89. The third kappa shape index (κ3) is 5.02. The minimum atomic E-state index is -1.22. The Kier molecular flexibility index (Phi) is 6.85. The number of hydrogen-bond donors (Lipinski definition) is 1. The summed E-state index contributed by atoms with van der Waals surface area (Å²) < 4.78 is 11.2. The van der Waals surface area contributed by atoms with Crippen LogP contribution in [-0.4, -0.2) is 53.7 Å². The van der Waals surface area contributed by atoms with E-state index in [0.717, 1.165) is 54.7 Å². The maximum atomic E-state index is 13.1. The average molecular weight is 500 g/mol. The van der Waals surface area contributed by atoms with Crippen LogP contribution in [-0.2, 0) is 16.8 Å². The fourth-order valence-electron chi connectivity index (χ4n) is 4.89. The van der Waals surface area contributed by atoms with Gasteiger partial charge in [0.05, 0.1) is 13.3 Å². The van der Waals surface area contributed by atoms with E-state index in [2.05, 4.69) is 25.4 Å². The molecule has 5 rings (SSSR count). The third-order valence-electron chi connectivity index (χ3n) is 6.84. The number of allylic oxidation sites excluding steroid dienone is 1. The monoisotopic (exact) mass is 499 g/mol. The van der Waals surface area contributed by atoms with Gasteiger partial charge in [-0.2, -0.15) is 0 Å². The fraction of sp³-hybridized carbons (Fsp3) is 0.321. The largest absolute Gasteiger partial charge is 0.489 e. The van der Waals surface area contributed by atoms with Crippen LogP contribution in [0, 0.1) is 6.92 Å². The van der Waals surface area contributed by atoms with Crippen LogP contribution in [0.1, 0.15) is 40.0 Å². The Morgan fingerprint density at radius 1 is 1.16 bits per heavy atom. The Balaban J connectivity index is 1.23. The van der Waals surface area contributed by atoms with E-state index in [4.69, 9.17) is 9.47 Å². The topological polar surface area (TPSA) is 107 Å². The van der Waals surface area contributed by atoms with Crippen molar-refractivity contribution in [3.8, 4) is 11.6 Å². The number of rotatable bonds is 7. The SMILES string of the molecule is COc1ccc(OC2CCN(c3nnc(C(=O)NC4(C=O)C=CCc5ccccc54)cc3C)CC2)cn1. The lowest BCUT2D eigenvalue weighted by Gasteiger charge is -2.33. The second kappa shape index (κ2) is 10.4. The van der Waals surface area contributed by atoms with E-state index in [0.29, 0.717) is 18.1 Å². The molecule has 3 heterocycles. The summed E-state index contributed by atoms with van der Waals surface area (Å²) in [5, 5.41) is 11.5. The van der Waals surface area contributed by atoms with Gasteiger partial charge in [0.2, 0.25) is 5.88 Å². The van der Waals surface area contributed by atoms with Crippen molar-refractivity contribution in [2.75, 3.05) is 25.1 Å². The normalized spacial score (nSPS) is 19.1. The van der Waals surface area contributed by atoms with Crippen LogP contribution in [0.3, 0.4) is 0 Å². The quantitative estimate of drug-likeness (QED) is 0.390. The number of hydrogen-bond acceptors (Lipinski definition) is 8. The highest BCUT2D eigenvalue weighted by atomic mass is 16.5. The number of fused-ring (bicyclic) bond motifs is 1.